The third kappa shape index (κ3) is 1.55. The lowest BCUT2D eigenvalue weighted by molar-refractivity contribution is 0.918. The van der Waals surface area contributed by atoms with Crippen LogP contribution in [0.5, 0.6) is 0 Å². The predicted octanol–water partition coefficient (Wildman–Crippen LogP) is 2.81. The Morgan fingerprint density at radius 3 is 2.89 bits per heavy atom. The SMILES string of the molecule is CCCc1cs[c]c1C. The Bertz CT molecular complexity index is 176. The van der Waals surface area contributed by atoms with Crippen molar-refractivity contribution in [3.63, 3.8) is 0 Å². The van der Waals surface area contributed by atoms with Crippen molar-refractivity contribution >= 4 is 11.3 Å². The third-order valence-electron chi connectivity index (χ3n) is 1.41. The molecule has 0 fully saturated rings. The molecule has 1 rings (SSSR count). The van der Waals surface area contributed by atoms with Gasteiger partial charge in [0.2, 0.25) is 0 Å². The molecule has 1 heterocycles. The van der Waals surface area contributed by atoms with Crippen LogP contribution in [0.3, 0.4) is 0 Å². The zero-order valence-corrected chi connectivity index (χ0v) is 6.72. The van der Waals surface area contributed by atoms with E-state index in [1.165, 1.54) is 24.0 Å². The summed E-state index contributed by atoms with van der Waals surface area (Å²) in [6, 6.07) is 0. The summed E-state index contributed by atoms with van der Waals surface area (Å²) in [6.45, 7) is 4.33. The topological polar surface area (TPSA) is 0 Å². The molecule has 0 N–H and O–H groups in total. The zero-order valence-electron chi connectivity index (χ0n) is 5.90. The molecule has 9 heavy (non-hydrogen) atoms. The van der Waals surface area contributed by atoms with Gasteiger partial charge in [0.15, 0.2) is 0 Å². The Hall–Kier alpha value is -0.300. The highest BCUT2D eigenvalue weighted by Gasteiger charge is 1.95. The molecule has 0 aliphatic rings. The second-order valence-corrected chi connectivity index (χ2v) is 2.91. The van der Waals surface area contributed by atoms with Crippen LogP contribution in [0.25, 0.3) is 0 Å². The normalized spacial score (nSPS) is 10.0. The maximum atomic E-state index is 3.20. The molecule has 0 bridgehead atoms. The van der Waals surface area contributed by atoms with Crippen molar-refractivity contribution in [3.05, 3.63) is 21.9 Å². The van der Waals surface area contributed by atoms with Gasteiger partial charge < -0.3 is 0 Å². The lowest BCUT2D eigenvalue weighted by Crippen LogP contribution is -1.80. The van der Waals surface area contributed by atoms with Crippen molar-refractivity contribution in [2.24, 2.45) is 0 Å². The van der Waals surface area contributed by atoms with Crippen LogP contribution in [-0.2, 0) is 6.42 Å². The lowest BCUT2D eigenvalue weighted by Gasteiger charge is -1.92. The van der Waals surface area contributed by atoms with E-state index in [0.717, 1.165) is 0 Å². The van der Waals surface area contributed by atoms with Crippen molar-refractivity contribution in [1.29, 1.82) is 0 Å². The third-order valence-corrected chi connectivity index (χ3v) is 2.24. The minimum Gasteiger partial charge on any atom is -0.142 e. The van der Waals surface area contributed by atoms with Gasteiger partial charge in [-0.25, -0.2) is 0 Å². The number of thiophene rings is 1. The van der Waals surface area contributed by atoms with Crippen LogP contribution in [0.1, 0.15) is 24.5 Å². The molecule has 0 aromatic carbocycles. The summed E-state index contributed by atoms with van der Waals surface area (Å²) in [7, 11) is 0. The van der Waals surface area contributed by atoms with E-state index < -0.39 is 0 Å². The minimum absolute atomic E-state index is 1.21. The maximum Gasteiger partial charge on any atom is 0.0477 e. The number of hydrogen-bond acceptors (Lipinski definition) is 1. The first-order valence-corrected chi connectivity index (χ1v) is 4.17. The van der Waals surface area contributed by atoms with Gasteiger partial charge in [0.05, 0.1) is 0 Å². The summed E-state index contributed by atoms with van der Waals surface area (Å²) in [5, 5.41) is 5.39. The predicted molar refractivity (Wildman–Crippen MR) is 41.9 cm³/mol. The highest BCUT2D eigenvalue weighted by molar-refractivity contribution is 7.07. The van der Waals surface area contributed by atoms with E-state index >= 15 is 0 Å². The first-order valence-electron chi connectivity index (χ1n) is 3.29. The Labute approximate surface area is 60.5 Å². The van der Waals surface area contributed by atoms with Gasteiger partial charge >= 0.3 is 0 Å². The summed E-state index contributed by atoms with van der Waals surface area (Å²) in [5.41, 5.74) is 2.81. The second-order valence-electron chi connectivity index (χ2n) is 2.24. The highest BCUT2D eigenvalue weighted by atomic mass is 32.1. The molecule has 0 spiro atoms. The Kier molecular flexibility index (Phi) is 2.29. The van der Waals surface area contributed by atoms with Crippen LogP contribution < -0.4 is 0 Å². The van der Waals surface area contributed by atoms with E-state index in [1.807, 2.05) is 0 Å². The largest absolute Gasteiger partial charge is 0.142 e. The van der Waals surface area contributed by atoms with E-state index in [9.17, 15) is 0 Å². The Morgan fingerprint density at radius 2 is 2.44 bits per heavy atom. The molecular formula is C8H11S. The van der Waals surface area contributed by atoms with E-state index in [1.54, 1.807) is 11.3 Å². The van der Waals surface area contributed by atoms with Crippen molar-refractivity contribution in [1.82, 2.24) is 0 Å². The summed E-state index contributed by atoms with van der Waals surface area (Å²) in [6.07, 6.45) is 2.46. The van der Waals surface area contributed by atoms with Gasteiger partial charge in [0.1, 0.15) is 0 Å². The molecule has 0 aliphatic carbocycles. The Morgan fingerprint density at radius 1 is 1.67 bits per heavy atom. The molecule has 1 aromatic heterocycles. The molecule has 0 saturated heterocycles. The van der Waals surface area contributed by atoms with Crippen molar-refractivity contribution in [2.75, 3.05) is 0 Å². The summed E-state index contributed by atoms with van der Waals surface area (Å²) in [4.78, 5) is 0. The fraction of sp³-hybridized carbons (Fsp3) is 0.500. The fourth-order valence-electron chi connectivity index (χ4n) is 0.859. The Balaban J connectivity index is 2.69. The van der Waals surface area contributed by atoms with Crippen molar-refractivity contribution < 1.29 is 0 Å². The van der Waals surface area contributed by atoms with Gasteiger partial charge in [-0.15, -0.1) is 11.3 Å². The van der Waals surface area contributed by atoms with Crippen LogP contribution in [0, 0.1) is 12.3 Å². The van der Waals surface area contributed by atoms with E-state index in [0.29, 0.717) is 0 Å². The van der Waals surface area contributed by atoms with Crippen LogP contribution in [0.4, 0.5) is 0 Å². The summed E-state index contributed by atoms with van der Waals surface area (Å²) >= 11 is 1.68. The van der Waals surface area contributed by atoms with Crippen LogP contribution in [-0.4, -0.2) is 0 Å². The van der Waals surface area contributed by atoms with Gasteiger partial charge in [-0.3, -0.25) is 0 Å². The van der Waals surface area contributed by atoms with E-state index in [-0.39, 0.29) is 0 Å². The molecule has 0 atom stereocenters. The maximum absolute atomic E-state index is 3.20. The van der Waals surface area contributed by atoms with Crippen LogP contribution in [0.15, 0.2) is 5.38 Å². The van der Waals surface area contributed by atoms with Gasteiger partial charge in [0.25, 0.3) is 0 Å². The lowest BCUT2D eigenvalue weighted by atomic mass is 10.1. The first kappa shape index (κ1) is 6.81. The van der Waals surface area contributed by atoms with Crippen LogP contribution in [0.2, 0.25) is 0 Å². The molecular weight excluding hydrogens is 128 g/mol. The van der Waals surface area contributed by atoms with E-state index in [4.69, 9.17) is 0 Å². The standard InChI is InChI=1S/C8H11S/c1-3-4-8-6-9-5-7(8)2/h6H,3-4H2,1-2H3. The first-order chi connectivity index (χ1) is 4.34. The van der Waals surface area contributed by atoms with Gasteiger partial charge in [-0.05, 0) is 29.9 Å². The van der Waals surface area contributed by atoms with Crippen molar-refractivity contribution in [2.45, 2.75) is 26.7 Å². The molecule has 0 saturated carbocycles. The minimum atomic E-state index is 1.21. The molecule has 0 aliphatic heterocycles. The van der Waals surface area contributed by atoms with Gasteiger partial charge in [-0.1, -0.05) is 13.3 Å². The smallest absolute Gasteiger partial charge is 0.0477 e. The molecule has 0 amide bonds. The van der Waals surface area contributed by atoms with Crippen molar-refractivity contribution in [3.8, 4) is 0 Å². The number of aryl methyl sites for hydroxylation is 2. The van der Waals surface area contributed by atoms with Crippen LogP contribution >= 0.6 is 11.3 Å². The molecule has 1 heteroatoms. The quantitative estimate of drug-likeness (QED) is 0.591. The average Bonchev–Trinajstić information content (AvgIpc) is 2.18. The monoisotopic (exact) mass is 139 g/mol. The highest BCUT2D eigenvalue weighted by Crippen LogP contribution is 2.13. The van der Waals surface area contributed by atoms with E-state index in [2.05, 4.69) is 24.6 Å². The number of hydrogen-bond donors (Lipinski definition) is 0. The molecule has 0 nitrogen and oxygen atoms in total. The second kappa shape index (κ2) is 3.02. The average molecular weight is 139 g/mol. The summed E-state index contributed by atoms with van der Waals surface area (Å²) < 4.78 is 0. The molecule has 1 radical (unpaired) electrons. The molecule has 49 valence electrons. The zero-order chi connectivity index (χ0) is 6.69. The molecule has 1 aromatic rings. The fourth-order valence-corrected chi connectivity index (χ4v) is 1.66. The summed E-state index contributed by atoms with van der Waals surface area (Å²) in [5.74, 6) is 0. The molecule has 0 unspecified atom stereocenters. The number of rotatable bonds is 2. The van der Waals surface area contributed by atoms with Gasteiger partial charge in [-0.2, -0.15) is 0 Å². The van der Waals surface area contributed by atoms with Gasteiger partial charge in [0, 0.05) is 5.38 Å².